The van der Waals surface area contributed by atoms with Gasteiger partial charge in [-0.1, -0.05) is 6.42 Å². The molecular weight excluding hydrogens is 468 g/mol. The van der Waals surface area contributed by atoms with Gasteiger partial charge in [0.15, 0.2) is 0 Å². The van der Waals surface area contributed by atoms with Gasteiger partial charge in [0.1, 0.15) is 12.4 Å². The number of ether oxygens (including phenoxy) is 1. The second-order valence-electron chi connectivity index (χ2n) is 10.5. The lowest BCUT2D eigenvalue weighted by Gasteiger charge is -2.32. The van der Waals surface area contributed by atoms with Gasteiger partial charge in [0.05, 0.1) is 11.9 Å². The van der Waals surface area contributed by atoms with Crippen LogP contribution in [0.2, 0.25) is 0 Å². The largest absolute Gasteiger partial charge is 0.476 e. The number of hydrogen-bond donors (Lipinski definition) is 3. The summed E-state index contributed by atoms with van der Waals surface area (Å²) in [7, 11) is 2.16. The van der Waals surface area contributed by atoms with E-state index in [0.29, 0.717) is 30.9 Å². The molecular formula is C27H40N8O2. The first kappa shape index (κ1) is 25.7. The molecule has 2 aromatic rings. The van der Waals surface area contributed by atoms with Gasteiger partial charge in [-0.2, -0.15) is 4.98 Å². The maximum absolute atomic E-state index is 12.0. The van der Waals surface area contributed by atoms with E-state index in [-0.39, 0.29) is 11.8 Å². The molecule has 0 unspecified atom stereocenters. The summed E-state index contributed by atoms with van der Waals surface area (Å²) in [5.41, 5.74) is 1.99. The van der Waals surface area contributed by atoms with Crippen molar-refractivity contribution in [3.8, 4) is 5.88 Å². The van der Waals surface area contributed by atoms with Crippen molar-refractivity contribution in [1.82, 2.24) is 30.1 Å². The third-order valence-corrected chi connectivity index (χ3v) is 7.50. The number of hydrogen-bond acceptors (Lipinski definition) is 9. The normalized spacial score (nSPS) is 18.7. The standard InChI is InChI=1S/C27H40N8O2/c1-34-12-14-35(15-13-34)16-17-37-24-9-8-22(18-30-24)32-27-31-19-23(20-6-7-20)25(33-27)28-10-3-11-29-26(36)21-4-2-5-21/h8-9,18-21H,2-7,10-17H2,1H3,(H,29,36)(H2,28,31,32,33). The third-order valence-electron chi connectivity index (χ3n) is 7.50. The number of carbonyl (C=O) groups excluding carboxylic acids is 1. The van der Waals surface area contributed by atoms with E-state index < -0.39 is 0 Å². The van der Waals surface area contributed by atoms with Gasteiger partial charge < -0.3 is 25.6 Å². The van der Waals surface area contributed by atoms with Gasteiger partial charge in [-0.05, 0) is 51.1 Å². The Balaban J connectivity index is 1.08. The van der Waals surface area contributed by atoms with Crippen molar-refractivity contribution in [3.05, 3.63) is 30.1 Å². The molecule has 37 heavy (non-hydrogen) atoms. The minimum Gasteiger partial charge on any atom is -0.476 e. The fourth-order valence-corrected chi connectivity index (χ4v) is 4.63. The molecule has 3 aliphatic rings. The second kappa shape index (κ2) is 12.5. The van der Waals surface area contributed by atoms with E-state index in [4.69, 9.17) is 9.72 Å². The first-order chi connectivity index (χ1) is 18.1. The molecule has 200 valence electrons. The number of aromatic nitrogens is 3. The number of rotatable bonds is 13. The summed E-state index contributed by atoms with van der Waals surface area (Å²) in [5.74, 6) is 3.02. The number of amides is 1. The number of pyridine rings is 1. The summed E-state index contributed by atoms with van der Waals surface area (Å²) in [6, 6.07) is 3.82. The highest BCUT2D eigenvalue weighted by Gasteiger charge is 2.28. The molecule has 3 heterocycles. The Hall–Kier alpha value is -2.98. The predicted molar refractivity (Wildman–Crippen MR) is 144 cm³/mol. The fourth-order valence-electron chi connectivity index (χ4n) is 4.63. The summed E-state index contributed by atoms with van der Waals surface area (Å²) in [5, 5.41) is 9.79. The van der Waals surface area contributed by atoms with Crippen LogP contribution >= 0.6 is 0 Å². The van der Waals surface area contributed by atoms with Gasteiger partial charge in [0.2, 0.25) is 17.7 Å². The molecule has 1 amide bonds. The molecule has 2 aromatic heterocycles. The summed E-state index contributed by atoms with van der Waals surface area (Å²) in [6.07, 6.45) is 10.2. The van der Waals surface area contributed by atoms with Crippen LogP contribution < -0.4 is 20.7 Å². The van der Waals surface area contributed by atoms with Crippen molar-refractivity contribution in [2.75, 3.05) is 70.1 Å². The Kier molecular flexibility index (Phi) is 8.68. The topological polar surface area (TPSA) is 108 Å². The average molecular weight is 509 g/mol. The number of likely N-dealkylation sites (N-methyl/N-ethyl adjacent to an activating group) is 1. The van der Waals surface area contributed by atoms with E-state index in [9.17, 15) is 4.79 Å². The molecule has 5 rings (SSSR count). The van der Waals surface area contributed by atoms with E-state index in [1.807, 2.05) is 18.3 Å². The van der Waals surface area contributed by atoms with Crippen molar-refractivity contribution in [2.24, 2.45) is 5.92 Å². The zero-order chi connectivity index (χ0) is 25.5. The molecule has 0 radical (unpaired) electrons. The minimum absolute atomic E-state index is 0.207. The number of carbonyl (C=O) groups is 1. The lowest BCUT2D eigenvalue weighted by atomic mass is 9.85. The molecule has 2 saturated carbocycles. The quantitative estimate of drug-likeness (QED) is 0.352. The smallest absolute Gasteiger partial charge is 0.229 e. The van der Waals surface area contributed by atoms with Crippen LogP contribution in [0.4, 0.5) is 17.5 Å². The molecule has 0 aromatic carbocycles. The van der Waals surface area contributed by atoms with Gasteiger partial charge in [0, 0.05) is 69.6 Å². The van der Waals surface area contributed by atoms with Gasteiger partial charge in [-0.3, -0.25) is 9.69 Å². The van der Waals surface area contributed by atoms with Crippen molar-refractivity contribution < 1.29 is 9.53 Å². The van der Waals surface area contributed by atoms with Crippen molar-refractivity contribution in [2.45, 2.75) is 44.4 Å². The molecule has 1 saturated heterocycles. The molecule has 10 heteroatoms. The lowest BCUT2D eigenvalue weighted by molar-refractivity contribution is -0.127. The van der Waals surface area contributed by atoms with Gasteiger partial charge in [-0.25, -0.2) is 9.97 Å². The van der Waals surface area contributed by atoms with E-state index in [1.54, 1.807) is 6.20 Å². The molecule has 0 bridgehead atoms. The first-order valence-electron chi connectivity index (χ1n) is 13.8. The highest BCUT2D eigenvalue weighted by molar-refractivity contribution is 5.79. The van der Waals surface area contributed by atoms with E-state index >= 15 is 0 Å². The Labute approximate surface area is 219 Å². The first-order valence-corrected chi connectivity index (χ1v) is 13.8. The van der Waals surface area contributed by atoms with Crippen molar-refractivity contribution >= 4 is 23.4 Å². The molecule has 0 spiro atoms. The van der Waals surface area contributed by atoms with Crippen LogP contribution in [0.25, 0.3) is 0 Å². The maximum atomic E-state index is 12.0. The van der Waals surface area contributed by atoms with Crippen molar-refractivity contribution in [3.63, 3.8) is 0 Å². The highest BCUT2D eigenvalue weighted by Crippen LogP contribution is 2.42. The van der Waals surface area contributed by atoms with Crippen LogP contribution in [-0.4, -0.2) is 90.1 Å². The SMILES string of the molecule is CN1CCN(CCOc2ccc(Nc3ncc(C4CC4)c(NCCCNC(=O)C4CCC4)n3)cn2)CC1. The number of nitrogens with one attached hydrogen (secondary N) is 3. The van der Waals surface area contributed by atoms with Gasteiger partial charge in [0.25, 0.3) is 0 Å². The highest BCUT2D eigenvalue weighted by atomic mass is 16.5. The Morgan fingerprint density at radius 2 is 1.89 bits per heavy atom. The van der Waals surface area contributed by atoms with Crippen LogP contribution in [0.1, 0.15) is 50.0 Å². The molecule has 10 nitrogen and oxygen atoms in total. The van der Waals surface area contributed by atoms with Crippen LogP contribution in [0.15, 0.2) is 24.5 Å². The van der Waals surface area contributed by atoms with Crippen LogP contribution in [0.5, 0.6) is 5.88 Å². The average Bonchev–Trinajstić information content (AvgIpc) is 3.71. The molecule has 3 fully saturated rings. The summed E-state index contributed by atoms with van der Waals surface area (Å²) in [6.45, 7) is 7.38. The predicted octanol–water partition coefficient (Wildman–Crippen LogP) is 2.84. The Bertz CT molecular complexity index is 1020. The van der Waals surface area contributed by atoms with Crippen LogP contribution in [0, 0.1) is 5.92 Å². The van der Waals surface area contributed by atoms with E-state index in [1.165, 1.54) is 24.8 Å². The van der Waals surface area contributed by atoms with Gasteiger partial charge >= 0.3 is 0 Å². The Morgan fingerprint density at radius 1 is 1.05 bits per heavy atom. The summed E-state index contributed by atoms with van der Waals surface area (Å²) >= 11 is 0. The van der Waals surface area contributed by atoms with E-state index in [2.05, 4.69) is 42.8 Å². The monoisotopic (exact) mass is 508 g/mol. The lowest BCUT2D eigenvalue weighted by Crippen LogP contribution is -2.45. The van der Waals surface area contributed by atoms with Gasteiger partial charge in [-0.15, -0.1) is 0 Å². The molecule has 2 aliphatic carbocycles. The summed E-state index contributed by atoms with van der Waals surface area (Å²) in [4.78, 5) is 30.5. The molecule has 3 N–H and O–H groups in total. The third kappa shape index (κ3) is 7.52. The second-order valence-corrected chi connectivity index (χ2v) is 10.5. The summed E-state index contributed by atoms with van der Waals surface area (Å²) < 4.78 is 5.85. The van der Waals surface area contributed by atoms with Crippen LogP contribution in [0.3, 0.4) is 0 Å². The molecule has 1 aliphatic heterocycles. The van der Waals surface area contributed by atoms with E-state index in [0.717, 1.165) is 70.0 Å². The number of nitrogens with zero attached hydrogens (tertiary/aromatic N) is 5. The number of piperazine rings is 1. The van der Waals surface area contributed by atoms with Crippen LogP contribution in [-0.2, 0) is 4.79 Å². The maximum Gasteiger partial charge on any atom is 0.229 e. The number of anilines is 3. The van der Waals surface area contributed by atoms with Crippen molar-refractivity contribution in [1.29, 1.82) is 0 Å². The Morgan fingerprint density at radius 3 is 2.59 bits per heavy atom. The minimum atomic E-state index is 0.207. The molecule has 0 atom stereocenters. The zero-order valence-electron chi connectivity index (χ0n) is 21.9. The fraction of sp³-hybridized carbons (Fsp3) is 0.630. The zero-order valence-corrected chi connectivity index (χ0v) is 21.9.